The lowest BCUT2D eigenvalue weighted by Crippen LogP contribution is -2.32. The van der Waals surface area contributed by atoms with Crippen LogP contribution in [0.2, 0.25) is 0 Å². The maximum absolute atomic E-state index is 5.01. The van der Waals surface area contributed by atoms with Crippen molar-refractivity contribution in [3.8, 4) is 0 Å². The normalized spacial score (nSPS) is 22.8. The van der Waals surface area contributed by atoms with E-state index in [1.165, 1.54) is 30.6 Å². The van der Waals surface area contributed by atoms with E-state index in [0.29, 0.717) is 0 Å². The van der Waals surface area contributed by atoms with Gasteiger partial charge in [0.05, 0.1) is 11.0 Å². The van der Waals surface area contributed by atoms with Crippen molar-refractivity contribution in [2.45, 2.75) is 45.1 Å². The number of hydrogen-bond donors (Lipinski definition) is 1. The van der Waals surface area contributed by atoms with Crippen LogP contribution in [0.25, 0.3) is 11.0 Å². The summed E-state index contributed by atoms with van der Waals surface area (Å²) in [5.74, 6) is 1.28. The molecule has 1 aliphatic heterocycles. The predicted octanol–water partition coefficient (Wildman–Crippen LogP) is 3.85. The van der Waals surface area contributed by atoms with E-state index < -0.39 is 0 Å². The summed E-state index contributed by atoms with van der Waals surface area (Å²) in [6.07, 6.45) is 3.62. The highest BCUT2D eigenvalue weighted by molar-refractivity contribution is 9.10. The summed E-state index contributed by atoms with van der Waals surface area (Å²) < 4.78 is 3.51. The summed E-state index contributed by atoms with van der Waals surface area (Å²) >= 11 is 3.55. The fraction of sp³-hybridized carbons (Fsp3) is 0.562. The summed E-state index contributed by atoms with van der Waals surface area (Å²) in [4.78, 5) is 5.01. The van der Waals surface area contributed by atoms with Gasteiger partial charge in [-0.2, -0.15) is 0 Å². The number of fused-ring (bicyclic) bond motifs is 1. The van der Waals surface area contributed by atoms with Gasteiger partial charge in [0.1, 0.15) is 5.82 Å². The Hall–Kier alpha value is -0.870. The fourth-order valence-corrected chi connectivity index (χ4v) is 3.92. The van der Waals surface area contributed by atoms with Crippen molar-refractivity contribution >= 4 is 27.0 Å². The zero-order valence-electron chi connectivity index (χ0n) is 12.2. The highest BCUT2D eigenvalue weighted by Gasteiger charge is 2.39. The Balaban J connectivity index is 2.18. The molecule has 2 heterocycles. The Kier molecular flexibility index (Phi) is 3.87. The molecule has 1 unspecified atom stereocenters. The number of imidazole rings is 1. The van der Waals surface area contributed by atoms with Gasteiger partial charge in [-0.05, 0) is 44.5 Å². The molecular formula is C16H22BrN3. The van der Waals surface area contributed by atoms with Crippen molar-refractivity contribution in [1.82, 2.24) is 14.9 Å². The molecule has 0 aliphatic carbocycles. The number of nitrogens with zero attached hydrogens (tertiary/aromatic N) is 2. The molecule has 4 heteroatoms. The number of halogens is 1. The predicted molar refractivity (Wildman–Crippen MR) is 87.2 cm³/mol. The topological polar surface area (TPSA) is 29.9 Å². The fourth-order valence-electron chi connectivity index (χ4n) is 3.57. The van der Waals surface area contributed by atoms with E-state index in [-0.39, 0.29) is 5.41 Å². The first kappa shape index (κ1) is 14.1. The Morgan fingerprint density at radius 2 is 2.25 bits per heavy atom. The highest BCUT2D eigenvalue weighted by Crippen LogP contribution is 2.37. The molecule has 1 fully saturated rings. The zero-order valence-corrected chi connectivity index (χ0v) is 13.8. The molecule has 0 bridgehead atoms. The van der Waals surface area contributed by atoms with Gasteiger partial charge < -0.3 is 9.88 Å². The molecule has 1 saturated heterocycles. The lowest BCUT2D eigenvalue weighted by Gasteiger charge is -2.28. The van der Waals surface area contributed by atoms with E-state index >= 15 is 0 Å². The van der Waals surface area contributed by atoms with Gasteiger partial charge in [0.25, 0.3) is 0 Å². The van der Waals surface area contributed by atoms with Gasteiger partial charge in [0, 0.05) is 23.0 Å². The number of benzene rings is 1. The second-order valence-electron chi connectivity index (χ2n) is 5.77. The summed E-state index contributed by atoms with van der Waals surface area (Å²) in [5.41, 5.74) is 2.59. The molecule has 1 aliphatic rings. The van der Waals surface area contributed by atoms with Gasteiger partial charge in [0.15, 0.2) is 0 Å². The lowest BCUT2D eigenvalue weighted by molar-refractivity contribution is 0.387. The number of aromatic nitrogens is 2. The van der Waals surface area contributed by atoms with Crippen LogP contribution >= 0.6 is 15.9 Å². The third-order valence-corrected chi connectivity index (χ3v) is 4.97. The van der Waals surface area contributed by atoms with E-state index in [4.69, 9.17) is 4.98 Å². The first-order valence-corrected chi connectivity index (χ1v) is 8.36. The molecule has 108 valence electrons. The summed E-state index contributed by atoms with van der Waals surface area (Å²) in [6.45, 7) is 7.64. The van der Waals surface area contributed by atoms with E-state index in [1.807, 2.05) is 0 Å². The smallest absolute Gasteiger partial charge is 0.117 e. The summed E-state index contributed by atoms with van der Waals surface area (Å²) in [6, 6.07) is 6.42. The third kappa shape index (κ3) is 2.19. The molecule has 0 saturated carbocycles. The van der Waals surface area contributed by atoms with E-state index in [0.717, 1.165) is 29.6 Å². The third-order valence-electron chi connectivity index (χ3n) is 4.47. The van der Waals surface area contributed by atoms with Crippen LogP contribution in [0.4, 0.5) is 0 Å². The maximum atomic E-state index is 5.01. The van der Waals surface area contributed by atoms with Crippen LogP contribution in [-0.2, 0) is 12.0 Å². The number of hydrogen-bond acceptors (Lipinski definition) is 2. The van der Waals surface area contributed by atoms with Gasteiger partial charge in [-0.1, -0.05) is 29.3 Å². The van der Waals surface area contributed by atoms with Crippen molar-refractivity contribution < 1.29 is 0 Å². The maximum Gasteiger partial charge on any atom is 0.117 e. The Bertz CT molecular complexity index is 611. The van der Waals surface area contributed by atoms with Gasteiger partial charge in [-0.25, -0.2) is 4.98 Å². The lowest BCUT2D eigenvalue weighted by atomic mass is 9.81. The van der Waals surface area contributed by atoms with Crippen molar-refractivity contribution in [2.24, 2.45) is 0 Å². The number of aryl methyl sites for hydroxylation is 1. The van der Waals surface area contributed by atoms with Crippen LogP contribution in [0, 0.1) is 0 Å². The first-order valence-electron chi connectivity index (χ1n) is 7.57. The van der Waals surface area contributed by atoms with Crippen LogP contribution in [0.3, 0.4) is 0 Å². The number of rotatable bonds is 4. The van der Waals surface area contributed by atoms with Gasteiger partial charge in [-0.3, -0.25) is 0 Å². The second kappa shape index (κ2) is 5.49. The van der Waals surface area contributed by atoms with E-state index in [2.05, 4.69) is 57.9 Å². The van der Waals surface area contributed by atoms with Crippen LogP contribution in [-0.4, -0.2) is 22.6 Å². The Morgan fingerprint density at radius 3 is 2.90 bits per heavy atom. The minimum Gasteiger partial charge on any atom is -0.328 e. The monoisotopic (exact) mass is 335 g/mol. The average Bonchev–Trinajstić information content (AvgIpc) is 3.03. The van der Waals surface area contributed by atoms with Gasteiger partial charge in [-0.15, -0.1) is 0 Å². The van der Waals surface area contributed by atoms with Gasteiger partial charge in [0.2, 0.25) is 0 Å². The highest BCUT2D eigenvalue weighted by atomic mass is 79.9. The first-order chi connectivity index (χ1) is 9.70. The largest absolute Gasteiger partial charge is 0.328 e. The van der Waals surface area contributed by atoms with E-state index in [9.17, 15) is 0 Å². The van der Waals surface area contributed by atoms with Crippen molar-refractivity contribution in [3.63, 3.8) is 0 Å². The molecule has 1 atom stereocenters. The standard InChI is InChI=1S/C16H22BrN3/c1-3-7-16(8-9-18-11-16)15-19-13-10-12(17)5-6-14(13)20(15)4-2/h5-6,10,18H,3-4,7-9,11H2,1-2H3. The molecule has 3 nitrogen and oxygen atoms in total. The van der Waals surface area contributed by atoms with Crippen LogP contribution < -0.4 is 5.32 Å². The van der Waals surface area contributed by atoms with Crippen molar-refractivity contribution in [3.05, 3.63) is 28.5 Å². The molecule has 0 amide bonds. The van der Waals surface area contributed by atoms with Crippen molar-refractivity contribution in [1.29, 1.82) is 0 Å². The molecule has 20 heavy (non-hydrogen) atoms. The molecule has 2 aromatic rings. The number of nitrogens with one attached hydrogen (secondary N) is 1. The molecular weight excluding hydrogens is 314 g/mol. The molecule has 0 radical (unpaired) electrons. The molecule has 1 N–H and O–H groups in total. The van der Waals surface area contributed by atoms with E-state index in [1.54, 1.807) is 0 Å². The van der Waals surface area contributed by atoms with Gasteiger partial charge >= 0.3 is 0 Å². The Morgan fingerprint density at radius 1 is 1.40 bits per heavy atom. The van der Waals surface area contributed by atoms with Crippen LogP contribution in [0.5, 0.6) is 0 Å². The minimum atomic E-state index is 0.219. The summed E-state index contributed by atoms with van der Waals surface area (Å²) in [7, 11) is 0. The average molecular weight is 336 g/mol. The minimum absolute atomic E-state index is 0.219. The zero-order chi connectivity index (χ0) is 14.2. The molecule has 1 aromatic carbocycles. The molecule has 0 spiro atoms. The Labute approximate surface area is 128 Å². The molecule has 3 rings (SSSR count). The van der Waals surface area contributed by atoms with Crippen LogP contribution in [0.15, 0.2) is 22.7 Å². The second-order valence-corrected chi connectivity index (χ2v) is 6.69. The summed E-state index contributed by atoms with van der Waals surface area (Å²) in [5, 5.41) is 3.54. The van der Waals surface area contributed by atoms with Crippen LogP contribution in [0.1, 0.15) is 38.9 Å². The SMILES string of the molecule is CCCC1(c2nc3cc(Br)ccc3n2CC)CCNC1. The quantitative estimate of drug-likeness (QED) is 0.919. The molecule has 1 aromatic heterocycles. The van der Waals surface area contributed by atoms with Crippen molar-refractivity contribution in [2.75, 3.05) is 13.1 Å².